The molecule has 0 aromatic carbocycles. The zero-order chi connectivity index (χ0) is 17.1. The lowest BCUT2D eigenvalue weighted by molar-refractivity contribution is 0.0723. The van der Waals surface area contributed by atoms with Crippen molar-refractivity contribution in [2.75, 3.05) is 6.61 Å². The molecule has 0 spiro atoms. The van der Waals surface area contributed by atoms with Crippen LogP contribution in [0.5, 0.6) is 0 Å². The molecule has 0 aromatic rings. The summed E-state index contributed by atoms with van der Waals surface area (Å²) in [5, 5.41) is 0. The Hall–Kier alpha value is 0.271. The second-order valence-corrected chi connectivity index (χ2v) is 21.2. The van der Waals surface area contributed by atoms with Gasteiger partial charge >= 0.3 is 8.56 Å². The van der Waals surface area contributed by atoms with Gasteiger partial charge in [0.25, 0.3) is 0 Å². The van der Waals surface area contributed by atoms with Crippen LogP contribution in [0.25, 0.3) is 0 Å². The molecule has 0 bridgehead atoms. The maximum absolute atomic E-state index is 6.58. The normalized spacial score (nSPS) is 16.7. The van der Waals surface area contributed by atoms with Crippen LogP contribution in [0, 0.1) is 0 Å². The Kier molecular flexibility index (Phi) is 7.80. The van der Waals surface area contributed by atoms with Gasteiger partial charge in [-0.2, -0.15) is 0 Å². The van der Waals surface area contributed by atoms with Crippen molar-refractivity contribution >= 4 is 25.2 Å². The highest BCUT2D eigenvalue weighted by Gasteiger charge is 2.47. The fourth-order valence-corrected chi connectivity index (χ4v) is 15.0. The number of ether oxygens (including phenoxy) is 1. The minimum Gasteiger partial charge on any atom is -0.436 e. The van der Waals surface area contributed by atoms with Gasteiger partial charge in [-0.15, -0.1) is 0 Å². The van der Waals surface area contributed by atoms with Gasteiger partial charge < -0.3 is 13.0 Å². The summed E-state index contributed by atoms with van der Waals surface area (Å²) in [6.07, 6.45) is 0.117. The fourth-order valence-electron chi connectivity index (χ4n) is 2.27. The largest absolute Gasteiger partial charge is 0.436 e. The Labute approximate surface area is 135 Å². The zero-order valence-electron chi connectivity index (χ0n) is 15.8. The van der Waals surface area contributed by atoms with Crippen molar-refractivity contribution in [1.29, 1.82) is 0 Å². The summed E-state index contributed by atoms with van der Waals surface area (Å²) in [5.74, 6) is 0. The lowest BCUT2D eigenvalue weighted by Gasteiger charge is -2.43. The average Bonchev–Trinajstić information content (AvgIpc) is 2.19. The van der Waals surface area contributed by atoms with Crippen LogP contribution in [0.3, 0.4) is 0 Å². The molecule has 0 aromatic heterocycles. The lowest BCUT2D eigenvalue weighted by Crippen LogP contribution is -2.57. The van der Waals surface area contributed by atoms with Crippen LogP contribution in [0.4, 0.5) is 0 Å². The van der Waals surface area contributed by atoms with Crippen molar-refractivity contribution in [2.24, 2.45) is 0 Å². The van der Waals surface area contributed by atoms with E-state index in [-0.39, 0.29) is 11.6 Å². The van der Waals surface area contributed by atoms with E-state index < -0.39 is 25.2 Å². The van der Waals surface area contributed by atoms with Gasteiger partial charge in [-0.1, -0.05) is 19.1 Å². The van der Waals surface area contributed by atoms with E-state index in [0.717, 1.165) is 5.57 Å². The molecule has 6 heteroatoms. The van der Waals surface area contributed by atoms with Gasteiger partial charge in [0.1, 0.15) is 0 Å². The molecule has 2 unspecified atom stereocenters. The third kappa shape index (κ3) is 9.10. The Morgan fingerprint density at radius 1 is 0.905 bits per heavy atom. The van der Waals surface area contributed by atoms with Crippen molar-refractivity contribution in [3.05, 3.63) is 12.2 Å². The third-order valence-corrected chi connectivity index (χ3v) is 13.4. The molecule has 0 amide bonds. The molecule has 0 radical (unpaired) electrons. The van der Waals surface area contributed by atoms with Crippen molar-refractivity contribution < 1.29 is 13.0 Å². The molecule has 0 fully saturated rings. The molecule has 0 aliphatic carbocycles. The topological polar surface area (TPSA) is 27.7 Å². The summed E-state index contributed by atoms with van der Waals surface area (Å²) in [6.45, 7) is 26.5. The molecule has 0 rings (SSSR count). The first-order chi connectivity index (χ1) is 9.16. The summed E-state index contributed by atoms with van der Waals surface area (Å²) in [5.41, 5.74) is 1.34. The van der Waals surface area contributed by atoms with Crippen LogP contribution in [0.2, 0.25) is 51.4 Å². The van der Waals surface area contributed by atoms with E-state index >= 15 is 0 Å². The minimum absolute atomic E-state index is 0.117. The highest BCUT2D eigenvalue weighted by Crippen LogP contribution is 2.34. The zero-order valence-corrected chi connectivity index (χ0v) is 18.8. The van der Waals surface area contributed by atoms with E-state index in [2.05, 4.69) is 66.3 Å². The Morgan fingerprint density at radius 3 is 1.57 bits per heavy atom. The van der Waals surface area contributed by atoms with Crippen molar-refractivity contribution in [3.8, 4) is 0 Å². The molecule has 0 saturated heterocycles. The van der Waals surface area contributed by atoms with Gasteiger partial charge in [0, 0.05) is 5.54 Å². The summed E-state index contributed by atoms with van der Waals surface area (Å²) < 4.78 is 19.1. The summed E-state index contributed by atoms with van der Waals surface area (Å²) in [7, 11) is -5.61. The molecule has 3 nitrogen and oxygen atoms in total. The molecule has 2 atom stereocenters. The Bertz CT molecular complexity index is 329. The van der Waals surface area contributed by atoms with Gasteiger partial charge in [-0.3, -0.25) is 0 Å². The Morgan fingerprint density at radius 2 is 1.29 bits per heavy atom. The highest BCUT2D eigenvalue weighted by molar-refractivity contribution is 6.88. The van der Waals surface area contributed by atoms with Gasteiger partial charge in [-0.05, 0) is 59.7 Å². The van der Waals surface area contributed by atoms with Crippen molar-refractivity contribution in [2.45, 2.75) is 78.2 Å². The molecule has 0 aliphatic rings. The molecule has 0 N–H and O–H groups in total. The average molecular weight is 349 g/mol. The number of hydrogen-bond donors (Lipinski definition) is 0. The van der Waals surface area contributed by atoms with Crippen LogP contribution in [-0.4, -0.2) is 37.9 Å². The third-order valence-electron chi connectivity index (χ3n) is 3.14. The van der Waals surface area contributed by atoms with E-state index in [9.17, 15) is 0 Å². The van der Waals surface area contributed by atoms with Crippen molar-refractivity contribution in [3.63, 3.8) is 0 Å². The SMILES string of the molecule is C=C(C)COC(C)C(C)[Si](C)(O[Si](C)(C)C)O[Si](C)(C)C. The van der Waals surface area contributed by atoms with Crippen LogP contribution in [0.1, 0.15) is 20.8 Å². The standard InChI is InChI=1S/C15H36O3Si3/c1-13(2)12-16-14(3)15(4)21(11,17-19(5,6)7)18-20(8,9)10/h14-15H,1,12H2,2-11H3. The molecule has 0 heterocycles. The molecular weight excluding hydrogens is 312 g/mol. The van der Waals surface area contributed by atoms with Gasteiger partial charge in [0.15, 0.2) is 16.6 Å². The quantitative estimate of drug-likeness (QED) is 0.427. The second-order valence-electron chi connectivity index (χ2n) is 8.21. The fraction of sp³-hybridized carbons (Fsp3) is 0.867. The van der Waals surface area contributed by atoms with Crippen LogP contribution < -0.4 is 0 Å². The number of rotatable bonds is 9. The van der Waals surface area contributed by atoms with E-state index in [1.807, 2.05) is 6.92 Å². The van der Waals surface area contributed by atoms with E-state index in [1.165, 1.54) is 0 Å². The van der Waals surface area contributed by atoms with Crippen LogP contribution in [0.15, 0.2) is 12.2 Å². The van der Waals surface area contributed by atoms with Crippen molar-refractivity contribution in [1.82, 2.24) is 0 Å². The predicted molar refractivity (Wildman–Crippen MR) is 100 cm³/mol. The maximum atomic E-state index is 6.58. The predicted octanol–water partition coefficient (Wildman–Crippen LogP) is 5.13. The first kappa shape index (κ1) is 21.3. The smallest absolute Gasteiger partial charge is 0.319 e. The molecular formula is C15H36O3Si3. The van der Waals surface area contributed by atoms with Gasteiger partial charge in [0.2, 0.25) is 0 Å². The second kappa shape index (κ2) is 7.70. The summed E-state index contributed by atoms with van der Waals surface area (Å²) in [6, 6.07) is 0. The van der Waals surface area contributed by atoms with E-state index in [1.54, 1.807) is 0 Å². The maximum Gasteiger partial charge on any atom is 0.319 e. The first-order valence-electron chi connectivity index (χ1n) is 7.82. The molecule has 126 valence electrons. The first-order valence-corrected chi connectivity index (χ1v) is 17.0. The summed E-state index contributed by atoms with van der Waals surface area (Å²) in [4.78, 5) is 0. The molecule has 0 aliphatic heterocycles. The van der Waals surface area contributed by atoms with E-state index in [0.29, 0.717) is 6.61 Å². The number of hydrogen-bond acceptors (Lipinski definition) is 3. The minimum atomic E-state index is -2.29. The van der Waals surface area contributed by atoms with E-state index in [4.69, 9.17) is 13.0 Å². The monoisotopic (exact) mass is 348 g/mol. The lowest BCUT2D eigenvalue weighted by atomic mass is 10.3. The summed E-state index contributed by atoms with van der Waals surface area (Å²) >= 11 is 0. The van der Waals surface area contributed by atoms with Gasteiger partial charge in [0.05, 0.1) is 12.7 Å². The molecule has 0 saturated carbocycles. The molecule has 21 heavy (non-hydrogen) atoms. The van der Waals surface area contributed by atoms with Gasteiger partial charge in [-0.25, -0.2) is 0 Å². The Balaban J connectivity index is 5.14. The highest BCUT2D eigenvalue weighted by atomic mass is 28.5. The van der Waals surface area contributed by atoms with Crippen LogP contribution in [-0.2, 0) is 13.0 Å². The van der Waals surface area contributed by atoms with Crippen LogP contribution >= 0.6 is 0 Å².